The predicted molar refractivity (Wildman–Crippen MR) is 107 cm³/mol. The number of nitrogens with zero attached hydrogens (tertiary/aromatic N) is 4. The Balaban J connectivity index is 1.41. The molecule has 3 aromatic rings. The van der Waals surface area contributed by atoms with Gasteiger partial charge < -0.3 is 11.1 Å². The first kappa shape index (κ1) is 19.6. The number of aromatic nitrogens is 4. The molecular weight excluding hydrogens is 376 g/mol. The molecular formula is C19H20N6O2S. The number of hydrogen-bond acceptors (Lipinski definition) is 6. The third-order valence-corrected chi connectivity index (χ3v) is 4.88. The number of primary amides is 1. The molecule has 0 spiro atoms. The molecule has 0 saturated heterocycles. The molecule has 0 radical (unpaired) electrons. The van der Waals surface area contributed by atoms with Crippen molar-refractivity contribution in [3.05, 3.63) is 65.7 Å². The molecule has 1 aromatic heterocycles. The highest BCUT2D eigenvalue weighted by Gasteiger charge is 2.10. The summed E-state index contributed by atoms with van der Waals surface area (Å²) in [6.07, 6.45) is 0. The van der Waals surface area contributed by atoms with Gasteiger partial charge in [-0.3, -0.25) is 9.59 Å². The van der Waals surface area contributed by atoms with Crippen LogP contribution in [0, 0.1) is 0 Å². The van der Waals surface area contributed by atoms with Crippen molar-refractivity contribution >= 4 is 23.6 Å². The first-order valence-corrected chi connectivity index (χ1v) is 9.84. The van der Waals surface area contributed by atoms with Gasteiger partial charge in [-0.25, -0.2) is 0 Å². The van der Waals surface area contributed by atoms with Gasteiger partial charge >= 0.3 is 0 Å². The zero-order chi connectivity index (χ0) is 19.8. The Bertz CT molecular complexity index is 927. The maximum absolute atomic E-state index is 12.0. The molecule has 2 aromatic carbocycles. The normalized spacial score (nSPS) is 10.6. The van der Waals surface area contributed by atoms with E-state index in [1.54, 1.807) is 36.0 Å². The van der Waals surface area contributed by atoms with E-state index in [-0.39, 0.29) is 12.5 Å². The fraction of sp³-hybridized carbons (Fsp3) is 0.211. The standard InChI is InChI=1S/C19H20N6O2S/c20-18(27)15-6-8-16(9-7-15)19-22-24-25(23-19)12-17(26)21-10-11-28-13-14-4-2-1-3-5-14/h1-9H,10-13H2,(H2,20,27)(H,21,26). The number of rotatable bonds is 9. The Morgan fingerprint density at radius 1 is 1.07 bits per heavy atom. The minimum absolute atomic E-state index is 0.00424. The Morgan fingerprint density at radius 3 is 2.54 bits per heavy atom. The summed E-state index contributed by atoms with van der Waals surface area (Å²) < 4.78 is 0. The molecule has 0 aliphatic rings. The molecule has 1 heterocycles. The molecule has 144 valence electrons. The van der Waals surface area contributed by atoms with E-state index in [0.717, 1.165) is 11.5 Å². The molecule has 3 rings (SSSR count). The summed E-state index contributed by atoms with van der Waals surface area (Å²) in [4.78, 5) is 24.4. The van der Waals surface area contributed by atoms with Gasteiger partial charge in [0.15, 0.2) is 0 Å². The van der Waals surface area contributed by atoms with E-state index in [0.29, 0.717) is 23.5 Å². The van der Waals surface area contributed by atoms with E-state index < -0.39 is 5.91 Å². The summed E-state index contributed by atoms with van der Waals surface area (Å²) in [6.45, 7) is 0.572. The number of tetrazole rings is 1. The van der Waals surface area contributed by atoms with Crippen LogP contribution in [0.15, 0.2) is 54.6 Å². The summed E-state index contributed by atoms with van der Waals surface area (Å²) in [7, 11) is 0. The van der Waals surface area contributed by atoms with Crippen molar-refractivity contribution in [2.24, 2.45) is 5.73 Å². The molecule has 3 N–H and O–H groups in total. The molecule has 0 aliphatic carbocycles. The molecule has 0 fully saturated rings. The van der Waals surface area contributed by atoms with Crippen LogP contribution < -0.4 is 11.1 Å². The van der Waals surface area contributed by atoms with Crippen LogP contribution in [0.1, 0.15) is 15.9 Å². The maximum Gasteiger partial charge on any atom is 0.248 e. The summed E-state index contributed by atoms with van der Waals surface area (Å²) in [6, 6.07) is 16.8. The van der Waals surface area contributed by atoms with Crippen LogP contribution in [0.2, 0.25) is 0 Å². The molecule has 0 bridgehead atoms. The third kappa shape index (κ3) is 5.65. The zero-order valence-corrected chi connectivity index (χ0v) is 15.9. The second-order valence-corrected chi connectivity index (χ2v) is 7.08. The lowest BCUT2D eigenvalue weighted by Crippen LogP contribution is -2.30. The van der Waals surface area contributed by atoms with Crippen molar-refractivity contribution in [3.8, 4) is 11.4 Å². The highest BCUT2D eigenvalue weighted by atomic mass is 32.2. The molecule has 9 heteroatoms. The Hall–Kier alpha value is -3.20. The second kappa shape index (κ2) is 9.65. The number of hydrogen-bond donors (Lipinski definition) is 2. The van der Waals surface area contributed by atoms with E-state index >= 15 is 0 Å². The molecule has 0 atom stereocenters. The van der Waals surface area contributed by atoms with E-state index in [1.165, 1.54) is 10.4 Å². The van der Waals surface area contributed by atoms with Gasteiger partial charge in [-0.1, -0.05) is 42.5 Å². The number of carbonyl (C=O) groups excluding carboxylic acids is 2. The maximum atomic E-state index is 12.0. The average Bonchev–Trinajstić information content (AvgIpc) is 3.17. The minimum Gasteiger partial charge on any atom is -0.366 e. The predicted octanol–water partition coefficient (Wildman–Crippen LogP) is 1.49. The minimum atomic E-state index is -0.498. The third-order valence-electron chi connectivity index (χ3n) is 3.85. The lowest BCUT2D eigenvalue weighted by molar-refractivity contribution is -0.121. The molecule has 8 nitrogen and oxygen atoms in total. The first-order valence-electron chi connectivity index (χ1n) is 8.68. The molecule has 28 heavy (non-hydrogen) atoms. The van der Waals surface area contributed by atoms with Crippen LogP contribution >= 0.6 is 11.8 Å². The van der Waals surface area contributed by atoms with E-state index in [4.69, 9.17) is 5.73 Å². The largest absolute Gasteiger partial charge is 0.366 e. The fourth-order valence-electron chi connectivity index (χ4n) is 2.42. The quantitative estimate of drug-likeness (QED) is 0.530. The number of carbonyl (C=O) groups is 2. The Morgan fingerprint density at radius 2 is 1.82 bits per heavy atom. The Kier molecular flexibility index (Phi) is 6.74. The monoisotopic (exact) mass is 396 g/mol. The van der Waals surface area contributed by atoms with Gasteiger partial charge in [-0.2, -0.15) is 16.6 Å². The van der Waals surface area contributed by atoms with Crippen LogP contribution in [0.3, 0.4) is 0 Å². The smallest absolute Gasteiger partial charge is 0.248 e. The second-order valence-electron chi connectivity index (χ2n) is 5.97. The van der Waals surface area contributed by atoms with Crippen molar-refractivity contribution in [1.29, 1.82) is 0 Å². The van der Waals surface area contributed by atoms with Crippen LogP contribution in [-0.2, 0) is 17.1 Å². The van der Waals surface area contributed by atoms with Crippen LogP contribution in [-0.4, -0.2) is 44.3 Å². The number of amides is 2. The summed E-state index contributed by atoms with van der Waals surface area (Å²) in [5.74, 6) is 1.44. The zero-order valence-electron chi connectivity index (χ0n) is 15.1. The Labute approximate surface area is 166 Å². The van der Waals surface area contributed by atoms with Crippen molar-refractivity contribution in [2.75, 3.05) is 12.3 Å². The lowest BCUT2D eigenvalue weighted by atomic mass is 10.1. The topological polar surface area (TPSA) is 116 Å². The van der Waals surface area contributed by atoms with Crippen LogP contribution in [0.5, 0.6) is 0 Å². The number of nitrogens with one attached hydrogen (secondary N) is 1. The molecule has 0 aliphatic heterocycles. The van der Waals surface area contributed by atoms with Gasteiger partial charge in [0.2, 0.25) is 17.6 Å². The van der Waals surface area contributed by atoms with Crippen LogP contribution in [0.4, 0.5) is 0 Å². The fourth-order valence-corrected chi connectivity index (χ4v) is 3.24. The van der Waals surface area contributed by atoms with Gasteiger partial charge in [-0.05, 0) is 22.9 Å². The van der Waals surface area contributed by atoms with E-state index in [2.05, 4.69) is 32.9 Å². The van der Waals surface area contributed by atoms with Gasteiger partial charge in [0.05, 0.1) is 0 Å². The highest BCUT2D eigenvalue weighted by Crippen LogP contribution is 2.14. The van der Waals surface area contributed by atoms with Gasteiger partial charge in [0.1, 0.15) is 6.54 Å². The highest BCUT2D eigenvalue weighted by molar-refractivity contribution is 7.98. The van der Waals surface area contributed by atoms with Gasteiger partial charge in [0.25, 0.3) is 0 Å². The molecule has 0 saturated carbocycles. The van der Waals surface area contributed by atoms with Gasteiger partial charge in [0, 0.05) is 29.2 Å². The van der Waals surface area contributed by atoms with E-state index in [1.807, 2.05) is 18.2 Å². The summed E-state index contributed by atoms with van der Waals surface area (Å²) in [5.41, 5.74) is 7.58. The summed E-state index contributed by atoms with van der Waals surface area (Å²) in [5, 5.41) is 14.9. The average molecular weight is 396 g/mol. The molecule has 2 amide bonds. The lowest BCUT2D eigenvalue weighted by Gasteiger charge is -2.04. The number of nitrogens with two attached hydrogens (primary N) is 1. The van der Waals surface area contributed by atoms with Crippen molar-refractivity contribution in [3.63, 3.8) is 0 Å². The number of benzene rings is 2. The number of thioether (sulfide) groups is 1. The summed E-state index contributed by atoms with van der Waals surface area (Å²) >= 11 is 1.76. The van der Waals surface area contributed by atoms with E-state index in [9.17, 15) is 9.59 Å². The van der Waals surface area contributed by atoms with Gasteiger partial charge in [-0.15, -0.1) is 10.2 Å². The van der Waals surface area contributed by atoms with Crippen molar-refractivity contribution in [1.82, 2.24) is 25.5 Å². The van der Waals surface area contributed by atoms with Crippen LogP contribution in [0.25, 0.3) is 11.4 Å². The first-order chi connectivity index (χ1) is 13.6. The van der Waals surface area contributed by atoms with Crippen molar-refractivity contribution in [2.45, 2.75) is 12.3 Å². The SMILES string of the molecule is NC(=O)c1ccc(-c2nnn(CC(=O)NCCSCc3ccccc3)n2)cc1. The van der Waals surface area contributed by atoms with Crippen molar-refractivity contribution < 1.29 is 9.59 Å². The molecule has 0 unspecified atom stereocenters.